The molecule has 2 aliphatic heterocycles. The predicted octanol–water partition coefficient (Wildman–Crippen LogP) is 2.76. The lowest BCUT2D eigenvalue weighted by atomic mass is 9.78. The number of likely N-dealkylation sites (tertiary alicyclic amines) is 1. The van der Waals surface area contributed by atoms with Gasteiger partial charge >= 0.3 is 0 Å². The molecule has 0 saturated carbocycles. The minimum absolute atomic E-state index is 0.607. The molecule has 3 heteroatoms. The third-order valence-corrected chi connectivity index (χ3v) is 4.59. The Morgan fingerprint density at radius 1 is 1.42 bits per heavy atom. The van der Waals surface area contributed by atoms with Crippen LogP contribution >= 0.6 is 0 Å². The van der Waals surface area contributed by atoms with Crippen LogP contribution in [0.3, 0.4) is 0 Å². The average Bonchev–Trinajstić information content (AvgIpc) is 3.02. The van der Waals surface area contributed by atoms with E-state index >= 15 is 0 Å². The van der Waals surface area contributed by atoms with Gasteiger partial charge in [0.25, 0.3) is 0 Å². The Balaban J connectivity index is 1.56. The van der Waals surface area contributed by atoms with Crippen LogP contribution in [-0.4, -0.2) is 37.6 Å². The zero-order valence-corrected chi connectivity index (χ0v) is 11.8. The maximum absolute atomic E-state index is 5.38. The van der Waals surface area contributed by atoms with Crippen molar-refractivity contribution < 1.29 is 4.42 Å². The maximum Gasteiger partial charge on any atom is 0.126 e. The predicted molar refractivity (Wildman–Crippen MR) is 78.0 cm³/mol. The van der Waals surface area contributed by atoms with E-state index in [0.29, 0.717) is 5.41 Å². The number of hydrogen-bond acceptors (Lipinski definition) is 3. The van der Waals surface area contributed by atoms with Crippen LogP contribution in [0.1, 0.15) is 31.9 Å². The van der Waals surface area contributed by atoms with Crippen LogP contribution in [-0.2, 0) is 0 Å². The highest BCUT2D eigenvalue weighted by Crippen LogP contribution is 2.38. The topological polar surface area (TPSA) is 28.4 Å². The van der Waals surface area contributed by atoms with Crippen molar-refractivity contribution in [3.63, 3.8) is 0 Å². The smallest absolute Gasteiger partial charge is 0.126 e. The third kappa shape index (κ3) is 3.10. The molecule has 19 heavy (non-hydrogen) atoms. The van der Waals surface area contributed by atoms with Crippen molar-refractivity contribution in [2.45, 2.75) is 26.2 Å². The van der Waals surface area contributed by atoms with Gasteiger partial charge in [0.2, 0.25) is 0 Å². The van der Waals surface area contributed by atoms with Crippen molar-refractivity contribution >= 4 is 6.08 Å². The summed E-state index contributed by atoms with van der Waals surface area (Å²) >= 11 is 0. The zero-order chi connectivity index (χ0) is 13.1. The third-order valence-electron chi connectivity index (χ3n) is 4.59. The highest BCUT2D eigenvalue weighted by atomic mass is 16.3. The summed E-state index contributed by atoms with van der Waals surface area (Å²) in [5, 5.41) is 3.48. The largest absolute Gasteiger partial charge is 0.465 e. The van der Waals surface area contributed by atoms with E-state index < -0.39 is 0 Å². The van der Waals surface area contributed by atoms with E-state index in [1.807, 2.05) is 12.1 Å². The molecule has 0 atom stereocenters. The molecular weight excluding hydrogens is 236 g/mol. The van der Waals surface area contributed by atoms with Gasteiger partial charge in [-0.1, -0.05) is 5.57 Å². The molecule has 3 heterocycles. The van der Waals surface area contributed by atoms with Crippen molar-refractivity contribution in [2.75, 3.05) is 32.7 Å². The fourth-order valence-electron chi connectivity index (χ4n) is 3.54. The van der Waals surface area contributed by atoms with Gasteiger partial charge in [-0.2, -0.15) is 0 Å². The lowest BCUT2D eigenvalue weighted by Crippen LogP contribution is -2.38. The quantitative estimate of drug-likeness (QED) is 0.906. The number of piperidine rings is 1. The number of nitrogens with zero attached hydrogens (tertiary/aromatic N) is 1. The second-order valence-electron chi connectivity index (χ2n) is 6.22. The molecule has 2 fully saturated rings. The van der Waals surface area contributed by atoms with Crippen LogP contribution in [0.4, 0.5) is 0 Å². The molecule has 1 spiro atoms. The van der Waals surface area contributed by atoms with Crippen molar-refractivity contribution in [3.8, 4) is 0 Å². The van der Waals surface area contributed by atoms with E-state index in [0.717, 1.165) is 12.3 Å². The molecule has 1 aromatic rings. The van der Waals surface area contributed by atoms with Crippen molar-refractivity contribution in [1.82, 2.24) is 10.2 Å². The number of furan rings is 1. The van der Waals surface area contributed by atoms with E-state index in [9.17, 15) is 0 Å². The Labute approximate surface area is 115 Å². The molecule has 3 rings (SSSR count). The Kier molecular flexibility index (Phi) is 3.76. The molecule has 1 aromatic heterocycles. The molecule has 0 bridgehead atoms. The molecule has 104 valence electrons. The summed E-state index contributed by atoms with van der Waals surface area (Å²) in [7, 11) is 0. The van der Waals surface area contributed by atoms with Crippen LogP contribution in [0.25, 0.3) is 6.08 Å². The standard InChI is InChI=1S/C16H24N2O/c1-14(11-15-3-2-10-19-15)12-18-9-6-16(13-18)4-7-17-8-5-16/h2-3,10-11,17H,4-9,12-13H2,1H3. The molecule has 0 aliphatic carbocycles. The lowest BCUT2D eigenvalue weighted by molar-refractivity contribution is 0.201. The summed E-state index contributed by atoms with van der Waals surface area (Å²) in [6.45, 7) is 8.22. The van der Waals surface area contributed by atoms with E-state index in [4.69, 9.17) is 4.42 Å². The Morgan fingerprint density at radius 2 is 2.26 bits per heavy atom. The molecule has 2 saturated heterocycles. The van der Waals surface area contributed by atoms with E-state index in [2.05, 4.69) is 23.2 Å². The van der Waals surface area contributed by atoms with Crippen LogP contribution in [0, 0.1) is 5.41 Å². The first-order chi connectivity index (χ1) is 9.26. The van der Waals surface area contributed by atoms with Crippen molar-refractivity contribution in [2.24, 2.45) is 5.41 Å². The Hall–Kier alpha value is -1.06. The van der Waals surface area contributed by atoms with Crippen molar-refractivity contribution in [1.29, 1.82) is 0 Å². The molecule has 1 N–H and O–H groups in total. The maximum atomic E-state index is 5.38. The lowest BCUT2D eigenvalue weighted by Gasteiger charge is -2.34. The minimum atomic E-state index is 0.607. The second kappa shape index (κ2) is 5.51. The summed E-state index contributed by atoms with van der Waals surface area (Å²) in [5.41, 5.74) is 2.00. The van der Waals surface area contributed by atoms with Gasteiger partial charge in [0.1, 0.15) is 5.76 Å². The van der Waals surface area contributed by atoms with Gasteiger partial charge < -0.3 is 9.73 Å². The summed E-state index contributed by atoms with van der Waals surface area (Å²) in [5.74, 6) is 0.966. The van der Waals surface area contributed by atoms with Gasteiger partial charge in [0.05, 0.1) is 6.26 Å². The SMILES string of the molecule is CC(=Cc1ccco1)CN1CCC2(CCNCC2)C1. The molecular formula is C16H24N2O. The first-order valence-corrected chi connectivity index (χ1v) is 7.40. The molecule has 0 radical (unpaired) electrons. The molecule has 3 nitrogen and oxygen atoms in total. The van der Waals surface area contributed by atoms with Gasteiger partial charge in [0.15, 0.2) is 0 Å². The second-order valence-corrected chi connectivity index (χ2v) is 6.22. The summed E-state index contributed by atoms with van der Waals surface area (Å²) in [6.07, 6.45) is 7.98. The van der Waals surface area contributed by atoms with Gasteiger partial charge in [-0.25, -0.2) is 0 Å². The first kappa shape index (κ1) is 12.9. The Bertz CT molecular complexity index is 430. The highest BCUT2D eigenvalue weighted by molar-refractivity contribution is 5.46. The van der Waals surface area contributed by atoms with Gasteiger partial charge in [-0.15, -0.1) is 0 Å². The molecule has 0 amide bonds. The molecule has 0 unspecified atom stereocenters. The van der Waals surface area contributed by atoms with E-state index in [-0.39, 0.29) is 0 Å². The molecule has 2 aliphatic rings. The number of hydrogen-bond donors (Lipinski definition) is 1. The van der Waals surface area contributed by atoms with Gasteiger partial charge in [-0.3, -0.25) is 4.90 Å². The minimum Gasteiger partial charge on any atom is -0.465 e. The van der Waals surface area contributed by atoms with Crippen LogP contribution in [0.15, 0.2) is 28.4 Å². The van der Waals surface area contributed by atoms with Crippen LogP contribution in [0.2, 0.25) is 0 Å². The fourth-order valence-corrected chi connectivity index (χ4v) is 3.54. The van der Waals surface area contributed by atoms with E-state index in [1.165, 1.54) is 51.0 Å². The summed E-state index contributed by atoms with van der Waals surface area (Å²) in [6, 6.07) is 3.96. The van der Waals surface area contributed by atoms with Gasteiger partial charge in [0, 0.05) is 13.1 Å². The Morgan fingerprint density at radius 3 is 3.00 bits per heavy atom. The number of rotatable bonds is 3. The summed E-state index contributed by atoms with van der Waals surface area (Å²) < 4.78 is 5.38. The summed E-state index contributed by atoms with van der Waals surface area (Å²) in [4.78, 5) is 2.61. The fraction of sp³-hybridized carbons (Fsp3) is 0.625. The van der Waals surface area contributed by atoms with Gasteiger partial charge in [-0.05, 0) is 69.4 Å². The normalized spacial score (nSPS) is 24.2. The average molecular weight is 260 g/mol. The van der Waals surface area contributed by atoms with Crippen LogP contribution < -0.4 is 5.32 Å². The first-order valence-electron chi connectivity index (χ1n) is 7.40. The zero-order valence-electron chi connectivity index (χ0n) is 11.8. The monoisotopic (exact) mass is 260 g/mol. The van der Waals surface area contributed by atoms with E-state index in [1.54, 1.807) is 6.26 Å². The number of nitrogens with one attached hydrogen (secondary N) is 1. The highest BCUT2D eigenvalue weighted by Gasteiger charge is 2.38. The van der Waals surface area contributed by atoms with Crippen molar-refractivity contribution in [3.05, 3.63) is 29.7 Å². The molecule has 0 aromatic carbocycles. The van der Waals surface area contributed by atoms with Crippen LogP contribution in [0.5, 0.6) is 0 Å².